The standard InChI is InChI=1S/C30H32Cl2FN3O4S/c1-20-11-15-25(16-12-20)41(39,40)36(28-10-6-5-9-27(28)33)19-29(37)35(18-22-13-14-23(31)17-26(22)32)21(2)30(38)34-24-7-3-4-8-24/h5-6,9-17,21,24H,3-4,7-8,18-19H2,1-2H3,(H,34,38). The van der Waals surface area contributed by atoms with Crippen molar-refractivity contribution in [1.82, 2.24) is 10.2 Å². The number of aryl methyl sites for hydroxylation is 1. The summed E-state index contributed by atoms with van der Waals surface area (Å²) in [5.74, 6) is -1.88. The Hall–Kier alpha value is -3.14. The third kappa shape index (κ3) is 7.39. The first-order valence-corrected chi connectivity index (χ1v) is 15.5. The van der Waals surface area contributed by atoms with Crippen LogP contribution in [0.4, 0.5) is 10.1 Å². The summed E-state index contributed by atoms with van der Waals surface area (Å²) in [4.78, 5) is 28.4. The number of carbonyl (C=O) groups is 2. The second kappa shape index (κ2) is 13.2. The molecule has 1 unspecified atom stereocenters. The van der Waals surface area contributed by atoms with E-state index in [2.05, 4.69) is 5.32 Å². The van der Waals surface area contributed by atoms with Gasteiger partial charge < -0.3 is 10.2 Å². The highest BCUT2D eigenvalue weighted by molar-refractivity contribution is 7.92. The largest absolute Gasteiger partial charge is 0.352 e. The molecule has 0 aromatic heterocycles. The molecule has 0 bridgehead atoms. The van der Waals surface area contributed by atoms with E-state index in [1.807, 2.05) is 6.92 Å². The first-order valence-electron chi connectivity index (χ1n) is 13.3. The molecule has 0 aliphatic heterocycles. The number of para-hydroxylation sites is 1. The molecule has 0 saturated heterocycles. The average molecular weight is 621 g/mol. The van der Waals surface area contributed by atoms with Crippen molar-refractivity contribution >= 4 is 50.7 Å². The molecule has 1 aliphatic rings. The van der Waals surface area contributed by atoms with Gasteiger partial charge in [0.25, 0.3) is 10.0 Å². The lowest BCUT2D eigenvalue weighted by molar-refractivity contribution is -0.139. The summed E-state index contributed by atoms with van der Waals surface area (Å²) in [6, 6.07) is 15.2. The van der Waals surface area contributed by atoms with E-state index in [-0.39, 0.29) is 34.1 Å². The van der Waals surface area contributed by atoms with Crippen molar-refractivity contribution in [3.8, 4) is 0 Å². The summed E-state index contributed by atoms with van der Waals surface area (Å²) in [7, 11) is -4.37. The maximum absolute atomic E-state index is 15.0. The summed E-state index contributed by atoms with van der Waals surface area (Å²) in [6.45, 7) is 2.55. The third-order valence-corrected chi connectivity index (χ3v) is 9.59. The molecule has 0 heterocycles. The molecule has 1 fully saturated rings. The van der Waals surface area contributed by atoms with Gasteiger partial charge in [0.2, 0.25) is 11.8 Å². The predicted molar refractivity (Wildman–Crippen MR) is 159 cm³/mol. The molecule has 1 N–H and O–H groups in total. The molecular formula is C30H32Cl2FN3O4S. The maximum Gasteiger partial charge on any atom is 0.264 e. The van der Waals surface area contributed by atoms with Crippen molar-refractivity contribution < 1.29 is 22.4 Å². The molecule has 41 heavy (non-hydrogen) atoms. The van der Waals surface area contributed by atoms with Gasteiger partial charge in [0, 0.05) is 22.6 Å². The monoisotopic (exact) mass is 619 g/mol. The van der Waals surface area contributed by atoms with Gasteiger partial charge in [-0.3, -0.25) is 13.9 Å². The topological polar surface area (TPSA) is 86.8 Å². The van der Waals surface area contributed by atoms with Crippen LogP contribution in [0.15, 0.2) is 71.6 Å². The molecule has 11 heteroatoms. The number of hydrogen-bond donors (Lipinski definition) is 1. The number of nitrogens with zero attached hydrogens (tertiary/aromatic N) is 2. The predicted octanol–water partition coefficient (Wildman–Crippen LogP) is 6.11. The van der Waals surface area contributed by atoms with Crippen molar-refractivity contribution in [3.05, 3.63) is 93.7 Å². The van der Waals surface area contributed by atoms with Crippen LogP contribution in [0.2, 0.25) is 10.0 Å². The van der Waals surface area contributed by atoms with Gasteiger partial charge in [-0.15, -0.1) is 0 Å². The average Bonchev–Trinajstić information content (AvgIpc) is 3.44. The Bertz CT molecular complexity index is 1510. The number of amides is 2. The Labute approximate surface area is 250 Å². The number of benzene rings is 3. The number of sulfonamides is 1. The van der Waals surface area contributed by atoms with E-state index in [0.29, 0.717) is 10.6 Å². The molecule has 1 saturated carbocycles. The van der Waals surface area contributed by atoms with Crippen LogP contribution in [0.3, 0.4) is 0 Å². The first kappa shape index (κ1) is 30.8. The Morgan fingerprint density at radius 1 is 1.02 bits per heavy atom. The number of hydrogen-bond acceptors (Lipinski definition) is 4. The Kier molecular flexibility index (Phi) is 9.94. The van der Waals surface area contributed by atoms with E-state index < -0.39 is 34.3 Å². The Balaban J connectivity index is 1.71. The molecule has 0 spiro atoms. The summed E-state index contributed by atoms with van der Waals surface area (Å²) in [5, 5.41) is 3.69. The van der Waals surface area contributed by atoms with Gasteiger partial charge in [-0.2, -0.15) is 0 Å². The molecule has 1 atom stereocenters. The van der Waals surface area contributed by atoms with Crippen LogP contribution in [0.5, 0.6) is 0 Å². The minimum atomic E-state index is -4.37. The quantitative estimate of drug-likeness (QED) is 0.296. The minimum absolute atomic E-state index is 0.0119. The number of carbonyl (C=O) groups excluding carboxylic acids is 2. The van der Waals surface area contributed by atoms with Gasteiger partial charge in [-0.25, -0.2) is 12.8 Å². The highest BCUT2D eigenvalue weighted by Crippen LogP contribution is 2.28. The van der Waals surface area contributed by atoms with Crippen molar-refractivity contribution in [2.45, 2.75) is 63.1 Å². The number of rotatable bonds is 10. The minimum Gasteiger partial charge on any atom is -0.352 e. The van der Waals surface area contributed by atoms with Crippen LogP contribution in [-0.2, 0) is 26.2 Å². The molecule has 218 valence electrons. The molecule has 7 nitrogen and oxygen atoms in total. The molecule has 3 aromatic rings. The maximum atomic E-state index is 15.0. The van der Waals surface area contributed by atoms with Gasteiger partial charge in [0.15, 0.2) is 0 Å². The zero-order valence-electron chi connectivity index (χ0n) is 22.8. The highest BCUT2D eigenvalue weighted by Gasteiger charge is 2.34. The number of anilines is 1. The lowest BCUT2D eigenvalue weighted by Crippen LogP contribution is -2.52. The van der Waals surface area contributed by atoms with E-state index in [9.17, 15) is 18.0 Å². The van der Waals surface area contributed by atoms with Crippen molar-refractivity contribution in [2.75, 3.05) is 10.8 Å². The summed E-state index contributed by atoms with van der Waals surface area (Å²) in [5.41, 5.74) is 1.07. The van der Waals surface area contributed by atoms with Crippen molar-refractivity contribution in [2.24, 2.45) is 0 Å². The fraction of sp³-hybridized carbons (Fsp3) is 0.333. The first-order chi connectivity index (χ1) is 19.5. The zero-order valence-corrected chi connectivity index (χ0v) is 25.1. The summed E-state index contributed by atoms with van der Waals surface area (Å²) in [6.07, 6.45) is 3.73. The van der Waals surface area contributed by atoms with Gasteiger partial charge in [0.05, 0.1) is 10.6 Å². The van der Waals surface area contributed by atoms with E-state index in [1.165, 1.54) is 41.3 Å². The molecule has 0 radical (unpaired) electrons. The second-order valence-corrected chi connectivity index (χ2v) is 12.9. The summed E-state index contributed by atoms with van der Waals surface area (Å²) >= 11 is 12.5. The molecule has 4 rings (SSSR count). The molecule has 3 aromatic carbocycles. The van der Waals surface area contributed by atoms with E-state index in [0.717, 1.165) is 41.6 Å². The van der Waals surface area contributed by atoms with E-state index in [1.54, 1.807) is 31.2 Å². The molecular weight excluding hydrogens is 588 g/mol. The van der Waals surface area contributed by atoms with Crippen LogP contribution in [0.25, 0.3) is 0 Å². The van der Waals surface area contributed by atoms with Crippen LogP contribution in [0.1, 0.15) is 43.7 Å². The van der Waals surface area contributed by atoms with Crippen LogP contribution >= 0.6 is 23.2 Å². The van der Waals surface area contributed by atoms with E-state index >= 15 is 4.39 Å². The van der Waals surface area contributed by atoms with Crippen molar-refractivity contribution in [1.29, 1.82) is 0 Å². The number of halogens is 3. The van der Waals surface area contributed by atoms with E-state index in [4.69, 9.17) is 23.2 Å². The van der Waals surface area contributed by atoms with Gasteiger partial charge in [0.1, 0.15) is 18.4 Å². The Morgan fingerprint density at radius 3 is 2.32 bits per heavy atom. The van der Waals surface area contributed by atoms with Crippen LogP contribution < -0.4 is 9.62 Å². The summed E-state index contributed by atoms with van der Waals surface area (Å²) < 4.78 is 43.4. The van der Waals surface area contributed by atoms with Gasteiger partial charge >= 0.3 is 0 Å². The zero-order chi connectivity index (χ0) is 29.7. The third-order valence-electron chi connectivity index (χ3n) is 7.23. The van der Waals surface area contributed by atoms with Crippen molar-refractivity contribution in [3.63, 3.8) is 0 Å². The Morgan fingerprint density at radius 2 is 1.68 bits per heavy atom. The van der Waals surface area contributed by atoms with Gasteiger partial charge in [-0.1, -0.05) is 71.9 Å². The molecule has 2 amide bonds. The lowest BCUT2D eigenvalue weighted by Gasteiger charge is -2.32. The van der Waals surface area contributed by atoms with Crippen LogP contribution in [0, 0.1) is 12.7 Å². The number of nitrogens with one attached hydrogen (secondary N) is 1. The van der Waals surface area contributed by atoms with Crippen LogP contribution in [-0.4, -0.2) is 43.8 Å². The fourth-order valence-corrected chi connectivity index (χ4v) is 6.70. The molecule has 1 aliphatic carbocycles. The lowest BCUT2D eigenvalue weighted by atomic mass is 10.1. The smallest absolute Gasteiger partial charge is 0.264 e. The normalized spacial score (nSPS) is 14.5. The fourth-order valence-electron chi connectivity index (χ4n) is 4.81. The SMILES string of the molecule is Cc1ccc(S(=O)(=O)N(CC(=O)N(Cc2ccc(Cl)cc2Cl)C(C)C(=O)NC2CCCC2)c2ccccc2F)cc1. The van der Waals surface area contributed by atoms with Gasteiger partial charge in [-0.05, 0) is 68.7 Å². The highest BCUT2D eigenvalue weighted by atomic mass is 35.5. The second-order valence-electron chi connectivity index (χ2n) is 10.2.